The Balaban J connectivity index is 1.61. The van der Waals surface area contributed by atoms with Gasteiger partial charge in [-0.05, 0) is 49.2 Å². The van der Waals surface area contributed by atoms with E-state index < -0.39 is 17.9 Å². The predicted molar refractivity (Wildman–Crippen MR) is 155 cm³/mol. The van der Waals surface area contributed by atoms with Gasteiger partial charge >= 0.3 is 6.09 Å². The van der Waals surface area contributed by atoms with Crippen LogP contribution in [0, 0.1) is 0 Å². The van der Waals surface area contributed by atoms with Gasteiger partial charge in [-0.1, -0.05) is 19.4 Å². The first-order valence-electron chi connectivity index (χ1n) is 13.5. The van der Waals surface area contributed by atoms with Crippen LogP contribution in [0.4, 0.5) is 16.2 Å². The number of nitrogens with one attached hydrogen (secondary N) is 1. The maximum atomic E-state index is 13.7. The average molecular weight is 565 g/mol. The van der Waals surface area contributed by atoms with E-state index in [1.54, 1.807) is 35.2 Å². The van der Waals surface area contributed by atoms with Crippen LogP contribution < -0.4 is 19.7 Å². The molecule has 1 saturated heterocycles. The molecular weight excluding hydrogens is 528 g/mol. The van der Waals surface area contributed by atoms with Crippen LogP contribution >= 0.6 is 0 Å². The number of ether oxygens (including phenoxy) is 3. The van der Waals surface area contributed by atoms with E-state index in [1.807, 2.05) is 19.1 Å². The molecular formula is C30H36N4O7. The Morgan fingerprint density at radius 3 is 2.12 bits per heavy atom. The fourth-order valence-corrected chi connectivity index (χ4v) is 4.94. The quantitative estimate of drug-likeness (QED) is 0.339. The number of hydrogen-bond acceptors (Lipinski definition) is 9. The Hall–Kier alpha value is -4.67. The molecule has 2 aromatic carbocycles. The van der Waals surface area contributed by atoms with Crippen molar-refractivity contribution in [3.8, 4) is 34.3 Å². The Morgan fingerprint density at radius 2 is 1.56 bits per heavy atom. The number of carbonyl (C=O) groups excluding carboxylic acids is 2. The third-order valence-electron chi connectivity index (χ3n) is 7.12. The zero-order valence-electron chi connectivity index (χ0n) is 23.8. The molecule has 1 aliphatic heterocycles. The van der Waals surface area contributed by atoms with Gasteiger partial charge in [0.1, 0.15) is 22.8 Å². The Morgan fingerprint density at radius 1 is 0.927 bits per heavy atom. The SMILES string of the molecule is CCCCc1nc(O)c(C(=O)N2CCN(c3ccc(NC(=O)OC)cc3)CC2)c(O)c1-c1c(OC)cccc1OC. The van der Waals surface area contributed by atoms with E-state index in [1.165, 1.54) is 21.3 Å². The third kappa shape index (κ3) is 6.24. The van der Waals surface area contributed by atoms with E-state index in [0.717, 1.165) is 18.5 Å². The first-order valence-corrected chi connectivity index (χ1v) is 13.5. The van der Waals surface area contributed by atoms with Gasteiger partial charge in [0.25, 0.3) is 5.91 Å². The number of hydrogen-bond donors (Lipinski definition) is 3. The summed E-state index contributed by atoms with van der Waals surface area (Å²) in [5.74, 6) is -0.476. The molecule has 0 bridgehead atoms. The van der Waals surface area contributed by atoms with Gasteiger partial charge in [-0.15, -0.1) is 0 Å². The summed E-state index contributed by atoms with van der Waals surface area (Å²) < 4.78 is 15.8. The van der Waals surface area contributed by atoms with Crippen molar-refractivity contribution in [3.63, 3.8) is 0 Å². The highest BCUT2D eigenvalue weighted by molar-refractivity contribution is 6.02. The van der Waals surface area contributed by atoms with Crippen LogP contribution in [0.3, 0.4) is 0 Å². The molecule has 4 rings (SSSR count). The van der Waals surface area contributed by atoms with Gasteiger partial charge in [0.15, 0.2) is 0 Å². The summed E-state index contributed by atoms with van der Waals surface area (Å²) >= 11 is 0. The summed E-state index contributed by atoms with van der Waals surface area (Å²) in [6.07, 6.45) is 1.58. The molecule has 1 aromatic heterocycles. The van der Waals surface area contributed by atoms with E-state index in [4.69, 9.17) is 9.47 Å². The summed E-state index contributed by atoms with van der Waals surface area (Å²) in [6.45, 7) is 3.84. The molecule has 218 valence electrons. The molecule has 0 radical (unpaired) electrons. The smallest absolute Gasteiger partial charge is 0.411 e. The topological polar surface area (TPSA) is 134 Å². The number of aromatic nitrogens is 1. The lowest BCUT2D eigenvalue weighted by Gasteiger charge is -2.36. The number of rotatable bonds is 9. The second-order valence-corrected chi connectivity index (χ2v) is 9.56. The Bertz CT molecular complexity index is 1360. The predicted octanol–water partition coefficient (Wildman–Crippen LogP) is 4.66. The summed E-state index contributed by atoms with van der Waals surface area (Å²) in [6, 6.07) is 12.6. The van der Waals surface area contributed by atoms with Crippen molar-refractivity contribution in [2.24, 2.45) is 0 Å². The normalized spacial score (nSPS) is 13.1. The molecule has 0 saturated carbocycles. The van der Waals surface area contributed by atoms with Crippen LogP contribution in [0.2, 0.25) is 0 Å². The van der Waals surface area contributed by atoms with Crippen molar-refractivity contribution >= 4 is 23.4 Å². The highest BCUT2D eigenvalue weighted by Gasteiger charge is 2.32. The van der Waals surface area contributed by atoms with Crippen LogP contribution in [0.25, 0.3) is 11.1 Å². The minimum absolute atomic E-state index is 0.250. The first-order chi connectivity index (χ1) is 19.8. The molecule has 11 heteroatoms. The molecule has 2 heterocycles. The van der Waals surface area contributed by atoms with Gasteiger partial charge in [0, 0.05) is 37.6 Å². The van der Waals surface area contributed by atoms with Gasteiger partial charge in [-0.3, -0.25) is 10.1 Å². The third-order valence-corrected chi connectivity index (χ3v) is 7.12. The lowest BCUT2D eigenvalue weighted by atomic mass is 9.95. The zero-order valence-corrected chi connectivity index (χ0v) is 23.8. The summed E-state index contributed by atoms with van der Waals surface area (Å²) in [5.41, 5.74) is 2.53. The number of aromatic hydroxyl groups is 2. The van der Waals surface area contributed by atoms with Gasteiger partial charge in [-0.25, -0.2) is 9.78 Å². The fraction of sp³-hybridized carbons (Fsp3) is 0.367. The molecule has 3 aromatic rings. The molecule has 0 unspecified atom stereocenters. The van der Waals surface area contributed by atoms with Crippen molar-refractivity contribution < 1.29 is 34.0 Å². The second-order valence-electron chi connectivity index (χ2n) is 9.56. The van der Waals surface area contributed by atoms with E-state index in [0.29, 0.717) is 66.6 Å². The van der Waals surface area contributed by atoms with Crippen molar-refractivity contribution in [2.75, 3.05) is 57.7 Å². The van der Waals surface area contributed by atoms with E-state index in [-0.39, 0.29) is 11.3 Å². The van der Waals surface area contributed by atoms with Crippen LogP contribution in [0.5, 0.6) is 23.1 Å². The fourth-order valence-electron chi connectivity index (χ4n) is 4.94. The lowest BCUT2D eigenvalue weighted by Crippen LogP contribution is -2.48. The monoisotopic (exact) mass is 564 g/mol. The van der Waals surface area contributed by atoms with Gasteiger partial charge in [-0.2, -0.15) is 0 Å². The van der Waals surface area contributed by atoms with Gasteiger partial charge in [0.05, 0.1) is 38.2 Å². The second kappa shape index (κ2) is 13.1. The van der Waals surface area contributed by atoms with Crippen molar-refractivity contribution in [1.82, 2.24) is 9.88 Å². The molecule has 0 aliphatic carbocycles. The molecule has 1 aliphatic rings. The van der Waals surface area contributed by atoms with Gasteiger partial charge in [0.2, 0.25) is 5.88 Å². The van der Waals surface area contributed by atoms with Crippen molar-refractivity contribution in [3.05, 3.63) is 53.7 Å². The summed E-state index contributed by atoms with van der Waals surface area (Å²) in [7, 11) is 4.34. The highest BCUT2D eigenvalue weighted by Crippen LogP contribution is 2.47. The summed E-state index contributed by atoms with van der Waals surface area (Å²) in [5, 5.41) is 25.1. The highest BCUT2D eigenvalue weighted by atomic mass is 16.5. The van der Waals surface area contributed by atoms with Crippen LogP contribution in [-0.4, -0.2) is 79.6 Å². The number of nitrogens with zero attached hydrogens (tertiary/aromatic N) is 3. The molecule has 3 N–H and O–H groups in total. The van der Waals surface area contributed by atoms with Crippen LogP contribution in [0.15, 0.2) is 42.5 Å². The minimum atomic E-state index is -0.545. The Kier molecular flexibility index (Phi) is 9.38. The standard InChI is InChI=1S/C30H36N4O7/c1-5-6-8-21-24(25-22(39-2)9-7-10-23(25)40-3)27(35)26(28(36)32-21)29(37)34-17-15-33(16-18-34)20-13-11-19(12-14-20)31-30(38)41-4/h7,9-14H,5-6,8,15-18H2,1-4H3,(H,31,38)(H2,32,35,36). The number of unbranched alkanes of at least 4 members (excludes halogenated alkanes) is 1. The van der Waals surface area contributed by atoms with E-state index in [2.05, 4.69) is 19.9 Å². The van der Waals surface area contributed by atoms with Gasteiger partial charge < -0.3 is 34.2 Å². The number of pyridine rings is 1. The number of amides is 2. The summed E-state index contributed by atoms with van der Waals surface area (Å²) in [4.78, 5) is 33.2. The minimum Gasteiger partial charge on any atom is -0.506 e. The average Bonchev–Trinajstić information content (AvgIpc) is 3.00. The number of piperazine rings is 1. The van der Waals surface area contributed by atoms with Crippen molar-refractivity contribution in [2.45, 2.75) is 26.2 Å². The van der Waals surface area contributed by atoms with Crippen LogP contribution in [-0.2, 0) is 11.2 Å². The van der Waals surface area contributed by atoms with E-state index >= 15 is 0 Å². The van der Waals surface area contributed by atoms with Crippen LogP contribution in [0.1, 0.15) is 35.8 Å². The molecule has 2 amide bonds. The lowest BCUT2D eigenvalue weighted by molar-refractivity contribution is 0.0739. The van der Waals surface area contributed by atoms with Crippen molar-refractivity contribution in [1.29, 1.82) is 0 Å². The maximum absolute atomic E-state index is 13.7. The first kappa shape index (κ1) is 29.3. The molecule has 11 nitrogen and oxygen atoms in total. The number of anilines is 2. The number of aryl methyl sites for hydroxylation is 1. The van der Waals surface area contributed by atoms with E-state index in [9.17, 15) is 19.8 Å². The molecule has 1 fully saturated rings. The molecule has 0 atom stereocenters. The largest absolute Gasteiger partial charge is 0.506 e. The zero-order chi connectivity index (χ0) is 29.5. The number of methoxy groups -OCH3 is 3. The molecule has 0 spiro atoms. The molecule has 41 heavy (non-hydrogen) atoms. The number of carbonyl (C=O) groups is 2. The Labute approximate surface area is 239 Å². The maximum Gasteiger partial charge on any atom is 0.411 e. The number of benzene rings is 2.